The normalized spacial score (nSPS) is 13.3. The summed E-state index contributed by atoms with van der Waals surface area (Å²) in [5.74, 6) is 0.216. The minimum Gasteiger partial charge on any atom is -0.455 e. The lowest BCUT2D eigenvalue weighted by Crippen LogP contribution is -2.42. The summed E-state index contributed by atoms with van der Waals surface area (Å²) in [4.78, 5) is 25.8. The molecule has 0 bridgehead atoms. The lowest BCUT2D eigenvalue weighted by molar-refractivity contribution is 0.0892. The SMILES string of the molecule is CCC(C)C(CO)NC(=O)c1cccc2c(=O)c(C)c(-c3ccccc3)oc12. The van der Waals surface area contributed by atoms with Crippen LogP contribution in [-0.4, -0.2) is 23.7 Å². The fourth-order valence-electron chi connectivity index (χ4n) is 3.25. The number of rotatable bonds is 6. The highest BCUT2D eigenvalue weighted by molar-refractivity contribution is 6.05. The summed E-state index contributed by atoms with van der Waals surface area (Å²) in [5.41, 5.74) is 1.67. The molecule has 1 heterocycles. The molecule has 5 nitrogen and oxygen atoms in total. The lowest BCUT2D eigenvalue weighted by atomic mass is 9.99. The number of para-hydroxylation sites is 1. The molecule has 2 atom stereocenters. The van der Waals surface area contributed by atoms with E-state index in [-0.39, 0.29) is 41.0 Å². The Kier molecular flexibility index (Phi) is 5.95. The number of hydrogen-bond acceptors (Lipinski definition) is 4. The quantitative estimate of drug-likeness (QED) is 0.681. The van der Waals surface area contributed by atoms with Gasteiger partial charge in [-0.1, -0.05) is 56.7 Å². The Balaban J connectivity index is 2.13. The fraction of sp³-hybridized carbons (Fsp3) is 0.304. The number of benzene rings is 2. The van der Waals surface area contributed by atoms with Gasteiger partial charge < -0.3 is 14.8 Å². The molecule has 0 spiro atoms. The van der Waals surface area contributed by atoms with Gasteiger partial charge in [0.1, 0.15) is 5.76 Å². The average Bonchev–Trinajstić information content (AvgIpc) is 2.74. The molecular formula is C23H25NO4. The molecule has 3 rings (SSSR count). The first-order valence-corrected chi connectivity index (χ1v) is 9.51. The van der Waals surface area contributed by atoms with Gasteiger partial charge in [-0.2, -0.15) is 0 Å². The standard InChI is InChI=1S/C23H25NO4/c1-4-14(2)19(13-25)24-23(27)18-12-8-11-17-20(26)15(3)21(28-22(17)18)16-9-6-5-7-10-16/h5-12,14,19,25H,4,13H2,1-3H3,(H,24,27). The van der Waals surface area contributed by atoms with Gasteiger partial charge >= 0.3 is 0 Å². The number of carbonyl (C=O) groups excluding carboxylic acids is 1. The van der Waals surface area contributed by atoms with Crippen molar-refractivity contribution in [1.29, 1.82) is 0 Å². The highest BCUT2D eigenvalue weighted by Gasteiger charge is 2.22. The summed E-state index contributed by atoms with van der Waals surface area (Å²) in [6, 6.07) is 14.0. The molecule has 2 aromatic carbocycles. The maximum atomic E-state index is 12.9. The molecule has 1 aromatic heterocycles. The van der Waals surface area contributed by atoms with Crippen LogP contribution in [0.25, 0.3) is 22.3 Å². The molecular weight excluding hydrogens is 354 g/mol. The Morgan fingerprint density at radius 1 is 1.14 bits per heavy atom. The summed E-state index contributed by atoms with van der Waals surface area (Å²) in [5, 5.41) is 12.9. The van der Waals surface area contributed by atoms with Gasteiger partial charge in [0.05, 0.1) is 23.6 Å². The second-order valence-corrected chi connectivity index (χ2v) is 7.08. The Morgan fingerprint density at radius 3 is 2.50 bits per heavy atom. The molecule has 0 saturated heterocycles. The third-order valence-electron chi connectivity index (χ3n) is 5.27. The third kappa shape index (κ3) is 3.71. The molecule has 1 amide bonds. The van der Waals surface area contributed by atoms with Crippen LogP contribution in [0.15, 0.2) is 57.7 Å². The summed E-state index contributed by atoms with van der Waals surface area (Å²) in [7, 11) is 0. The van der Waals surface area contributed by atoms with Crippen molar-refractivity contribution in [3.63, 3.8) is 0 Å². The Hall–Kier alpha value is -2.92. The van der Waals surface area contributed by atoms with Crippen molar-refractivity contribution in [3.05, 3.63) is 69.9 Å². The van der Waals surface area contributed by atoms with E-state index in [1.807, 2.05) is 44.2 Å². The molecule has 5 heteroatoms. The Labute approximate surface area is 164 Å². The second-order valence-electron chi connectivity index (χ2n) is 7.08. The average molecular weight is 379 g/mol. The van der Waals surface area contributed by atoms with Gasteiger partial charge in [0.2, 0.25) is 0 Å². The zero-order valence-corrected chi connectivity index (χ0v) is 16.4. The van der Waals surface area contributed by atoms with E-state index in [1.54, 1.807) is 25.1 Å². The van der Waals surface area contributed by atoms with Crippen LogP contribution in [0.4, 0.5) is 0 Å². The van der Waals surface area contributed by atoms with Gasteiger partial charge in [-0.25, -0.2) is 0 Å². The molecule has 0 fully saturated rings. The predicted octanol–water partition coefficient (Wildman–Crippen LogP) is 3.91. The molecule has 146 valence electrons. The third-order valence-corrected chi connectivity index (χ3v) is 5.27. The number of fused-ring (bicyclic) bond motifs is 1. The van der Waals surface area contributed by atoms with Crippen molar-refractivity contribution in [2.24, 2.45) is 5.92 Å². The molecule has 2 unspecified atom stereocenters. The van der Waals surface area contributed by atoms with Gasteiger partial charge in [0.25, 0.3) is 5.91 Å². The molecule has 3 aromatic rings. The van der Waals surface area contributed by atoms with Crippen molar-refractivity contribution in [3.8, 4) is 11.3 Å². The maximum absolute atomic E-state index is 12.9. The van der Waals surface area contributed by atoms with Crippen LogP contribution in [-0.2, 0) is 0 Å². The number of amides is 1. The van der Waals surface area contributed by atoms with Crippen LogP contribution in [0.1, 0.15) is 36.2 Å². The first-order valence-electron chi connectivity index (χ1n) is 9.51. The fourth-order valence-corrected chi connectivity index (χ4v) is 3.25. The van der Waals surface area contributed by atoms with Crippen molar-refractivity contribution in [2.75, 3.05) is 6.61 Å². The molecule has 0 aliphatic heterocycles. The van der Waals surface area contributed by atoms with E-state index >= 15 is 0 Å². The van der Waals surface area contributed by atoms with Crippen LogP contribution in [0.3, 0.4) is 0 Å². The molecule has 28 heavy (non-hydrogen) atoms. The van der Waals surface area contributed by atoms with Crippen LogP contribution in [0.5, 0.6) is 0 Å². The molecule has 0 radical (unpaired) electrons. The number of aliphatic hydroxyl groups is 1. The minimum atomic E-state index is -0.365. The van der Waals surface area contributed by atoms with Gasteiger partial charge in [-0.3, -0.25) is 9.59 Å². The zero-order valence-electron chi connectivity index (χ0n) is 16.4. The van der Waals surface area contributed by atoms with E-state index in [4.69, 9.17) is 4.42 Å². The number of aliphatic hydroxyl groups excluding tert-OH is 1. The van der Waals surface area contributed by atoms with E-state index in [9.17, 15) is 14.7 Å². The van der Waals surface area contributed by atoms with E-state index in [0.717, 1.165) is 12.0 Å². The smallest absolute Gasteiger partial charge is 0.255 e. The first-order chi connectivity index (χ1) is 13.5. The van der Waals surface area contributed by atoms with Gasteiger partial charge in [-0.15, -0.1) is 0 Å². The highest BCUT2D eigenvalue weighted by Crippen LogP contribution is 2.27. The van der Waals surface area contributed by atoms with Crippen molar-refractivity contribution >= 4 is 16.9 Å². The molecule has 0 saturated carbocycles. The molecule has 0 aliphatic rings. The van der Waals surface area contributed by atoms with E-state index in [1.165, 1.54) is 0 Å². The highest BCUT2D eigenvalue weighted by atomic mass is 16.3. The van der Waals surface area contributed by atoms with Gasteiger partial charge in [-0.05, 0) is 25.0 Å². The van der Waals surface area contributed by atoms with Crippen LogP contribution >= 0.6 is 0 Å². The summed E-state index contributed by atoms with van der Waals surface area (Å²) in [6.07, 6.45) is 0.827. The van der Waals surface area contributed by atoms with Crippen LogP contribution < -0.4 is 10.7 Å². The first kappa shape index (κ1) is 19.8. The van der Waals surface area contributed by atoms with Crippen molar-refractivity contribution in [1.82, 2.24) is 5.32 Å². The number of carbonyl (C=O) groups is 1. The molecule has 2 N–H and O–H groups in total. The minimum absolute atomic E-state index is 0.123. The second kappa shape index (κ2) is 8.40. The summed E-state index contributed by atoms with van der Waals surface area (Å²) < 4.78 is 6.09. The Morgan fingerprint density at radius 2 is 1.86 bits per heavy atom. The van der Waals surface area contributed by atoms with Crippen LogP contribution in [0, 0.1) is 12.8 Å². The predicted molar refractivity (Wildman–Crippen MR) is 110 cm³/mol. The van der Waals surface area contributed by atoms with E-state index < -0.39 is 0 Å². The monoisotopic (exact) mass is 379 g/mol. The van der Waals surface area contributed by atoms with Crippen molar-refractivity contribution in [2.45, 2.75) is 33.2 Å². The van der Waals surface area contributed by atoms with Gasteiger partial charge in [0.15, 0.2) is 11.0 Å². The number of nitrogens with one attached hydrogen (secondary N) is 1. The maximum Gasteiger partial charge on any atom is 0.255 e. The number of hydrogen-bond donors (Lipinski definition) is 2. The largest absolute Gasteiger partial charge is 0.455 e. The van der Waals surface area contributed by atoms with Crippen molar-refractivity contribution < 1.29 is 14.3 Å². The van der Waals surface area contributed by atoms with Gasteiger partial charge in [0, 0.05) is 11.1 Å². The topological polar surface area (TPSA) is 79.5 Å². The lowest BCUT2D eigenvalue weighted by Gasteiger charge is -2.22. The summed E-state index contributed by atoms with van der Waals surface area (Å²) in [6.45, 7) is 5.56. The summed E-state index contributed by atoms with van der Waals surface area (Å²) >= 11 is 0. The van der Waals surface area contributed by atoms with E-state index in [2.05, 4.69) is 5.32 Å². The van der Waals surface area contributed by atoms with Crippen LogP contribution in [0.2, 0.25) is 0 Å². The Bertz CT molecular complexity index is 1040. The van der Waals surface area contributed by atoms with E-state index in [0.29, 0.717) is 16.7 Å². The zero-order chi connectivity index (χ0) is 20.3. The molecule has 0 aliphatic carbocycles.